The summed E-state index contributed by atoms with van der Waals surface area (Å²) in [5.74, 6) is -0.273. The van der Waals surface area contributed by atoms with Crippen LogP contribution in [0.5, 0.6) is 0 Å². The van der Waals surface area contributed by atoms with Crippen molar-refractivity contribution in [3.8, 4) is 0 Å². The molecule has 0 unspecified atom stereocenters. The van der Waals surface area contributed by atoms with Gasteiger partial charge in [-0.25, -0.2) is 8.42 Å². The van der Waals surface area contributed by atoms with Crippen LogP contribution in [0.25, 0.3) is 0 Å². The van der Waals surface area contributed by atoms with E-state index in [1.54, 1.807) is 12.1 Å². The molecule has 0 spiro atoms. The molecule has 0 aromatic heterocycles. The number of nitrogens with zero attached hydrogens (tertiary/aromatic N) is 1. The molecule has 1 N–H and O–H groups in total. The molecule has 6 nitrogen and oxygen atoms in total. The lowest BCUT2D eigenvalue weighted by Gasteiger charge is -2.34. The molecule has 172 valence electrons. The van der Waals surface area contributed by atoms with Gasteiger partial charge in [-0.2, -0.15) is 4.31 Å². The van der Waals surface area contributed by atoms with Crippen LogP contribution in [0.2, 0.25) is 0 Å². The first-order chi connectivity index (χ1) is 15.8. The average molecular weight is 465 g/mol. The van der Waals surface area contributed by atoms with Gasteiger partial charge in [0.2, 0.25) is 10.0 Å². The Morgan fingerprint density at radius 2 is 1.33 bits per heavy atom. The van der Waals surface area contributed by atoms with Crippen LogP contribution >= 0.6 is 0 Å². The summed E-state index contributed by atoms with van der Waals surface area (Å²) in [5, 5.41) is 3.08. The number of benzene rings is 3. The van der Waals surface area contributed by atoms with Crippen molar-refractivity contribution in [2.45, 2.75) is 37.0 Å². The fourth-order valence-corrected chi connectivity index (χ4v) is 5.71. The first kappa shape index (κ1) is 23.2. The van der Waals surface area contributed by atoms with E-state index in [-0.39, 0.29) is 29.1 Å². The van der Waals surface area contributed by atoms with E-state index in [1.807, 2.05) is 74.5 Å². The zero-order valence-corrected chi connectivity index (χ0v) is 19.5. The van der Waals surface area contributed by atoms with Crippen LogP contribution in [0, 0.1) is 0 Å². The first-order valence-corrected chi connectivity index (χ1v) is 12.4. The van der Waals surface area contributed by atoms with E-state index < -0.39 is 10.0 Å². The molecule has 1 aliphatic rings. The fourth-order valence-electron chi connectivity index (χ4n) is 4.12. The lowest BCUT2D eigenvalue weighted by atomic mass is 9.98. The Kier molecular flexibility index (Phi) is 6.93. The molecule has 1 fully saturated rings. The van der Waals surface area contributed by atoms with E-state index in [2.05, 4.69) is 5.32 Å². The van der Waals surface area contributed by atoms with Crippen LogP contribution in [-0.4, -0.2) is 43.9 Å². The highest BCUT2D eigenvalue weighted by molar-refractivity contribution is 7.89. The summed E-state index contributed by atoms with van der Waals surface area (Å²) in [4.78, 5) is 13.2. The van der Waals surface area contributed by atoms with Crippen molar-refractivity contribution in [2.75, 3.05) is 13.1 Å². The summed E-state index contributed by atoms with van der Waals surface area (Å²) in [6, 6.07) is 25.3. The van der Waals surface area contributed by atoms with Crippen molar-refractivity contribution in [1.82, 2.24) is 9.62 Å². The van der Waals surface area contributed by atoms with Gasteiger partial charge in [0.15, 0.2) is 0 Å². The largest absolute Gasteiger partial charge is 0.373 e. The first-order valence-electron chi connectivity index (χ1n) is 11.0. The Labute approximate surface area is 195 Å². The smallest absolute Gasteiger partial charge is 0.252 e. The number of hydrogen-bond acceptors (Lipinski definition) is 4. The normalized spacial score (nSPS) is 19.4. The van der Waals surface area contributed by atoms with Gasteiger partial charge in [-0.05, 0) is 49.2 Å². The molecule has 1 saturated heterocycles. The highest BCUT2D eigenvalue weighted by Gasteiger charge is 2.32. The molecule has 3 aromatic rings. The minimum atomic E-state index is -3.66. The van der Waals surface area contributed by atoms with Gasteiger partial charge >= 0.3 is 0 Å². The van der Waals surface area contributed by atoms with E-state index >= 15 is 0 Å². The zero-order valence-electron chi connectivity index (χ0n) is 18.7. The molecule has 1 amide bonds. The Morgan fingerprint density at radius 3 is 1.82 bits per heavy atom. The third kappa shape index (κ3) is 5.33. The second kappa shape index (κ2) is 9.87. The number of ether oxygens (including phenoxy) is 1. The third-order valence-corrected chi connectivity index (χ3v) is 7.53. The Bertz CT molecular complexity index is 1130. The molecule has 7 heteroatoms. The molecule has 0 bridgehead atoms. The maximum absolute atomic E-state index is 13.1. The van der Waals surface area contributed by atoms with Gasteiger partial charge in [0, 0.05) is 18.7 Å². The van der Waals surface area contributed by atoms with Crippen molar-refractivity contribution < 1.29 is 17.9 Å². The summed E-state index contributed by atoms with van der Waals surface area (Å²) >= 11 is 0. The second-order valence-corrected chi connectivity index (χ2v) is 10.3. The quantitative estimate of drug-likeness (QED) is 0.598. The highest BCUT2D eigenvalue weighted by atomic mass is 32.2. The van der Waals surface area contributed by atoms with Crippen LogP contribution in [0.4, 0.5) is 0 Å². The molecule has 33 heavy (non-hydrogen) atoms. The van der Waals surface area contributed by atoms with Crippen LogP contribution in [0.3, 0.4) is 0 Å². The van der Waals surface area contributed by atoms with E-state index in [0.29, 0.717) is 18.7 Å². The predicted octanol–water partition coefficient (Wildman–Crippen LogP) is 4.00. The van der Waals surface area contributed by atoms with Crippen LogP contribution < -0.4 is 5.32 Å². The predicted molar refractivity (Wildman–Crippen MR) is 127 cm³/mol. The second-order valence-electron chi connectivity index (χ2n) is 8.33. The van der Waals surface area contributed by atoms with Gasteiger partial charge in [-0.3, -0.25) is 4.79 Å². The Morgan fingerprint density at radius 1 is 0.848 bits per heavy atom. The van der Waals surface area contributed by atoms with Crippen molar-refractivity contribution in [3.05, 3.63) is 102 Å². The van der Waals surface area contributed by atoms with Gasteiger partial charge in [0.05, 0.1) is 23.1 Å². The molecule has 1 heterocycles. The van der Waals surface area contributed by atoms with E-state index in [1.165, 1.54) is 16.4 Å². The maximum atomic E-state index is 13.1. The van der Waals surface area contributed by atoms with Crippen molar-refractivity contribution in [3.63, 3.8) is 0 Å². The summed E-state index contributed by atoms with van der Waals surface area (Å²) < 4.78 is 33.2. The third-order valence-electron chi connectivity index (χ3n) is 5.68. The number of amides is 1. The standard InChI is InChI=1S/C26H28N2O4S/c1-19-17-28(18-20(2)32-19)33(30,31)24-15-13-23(14-16-24)26(29)27-25(21-9-5-3-6-10-21)22-11-7-4-8-12-22/h3-16,19-20,25H,17-18H2,1-2H3,(H,27,29)/t19-,20-/m1/s1. The van der Waals surface area contributed by atoms with Crippen LogP contribution in [0.15, 0.2) is 89.8 Å². The highest BCUT2D eigenvalue weighted by Crippen LogP contribution is 2.24. The van der Waals surface area contributed by atoms with Gasteiger partial charge in [0.1, 0.15) is 0 Å². The van der Waals surface area contributed by atoms with Gasteiger partial charge < -0.3 is 10.1 Å². The molecular weight excluding hydrogens is 436 g/mol. The lowest BCUT2D eigenvalue weighted by molar-refractivity contribution is -0.0440. The van der Waals surface area contributed by atoms with Gasteiger partial charge in [-0.15, -0.1) is 0 Å². The minimum Gasteiger partial charge on any atom is -0.373 e. The van der Waals surface area contributed by atoms with E-state index in [4.69, 9.17) is 4.74 Å². The SMILES string of the molecule is C[C@@H]1CN(S(=O)(=O)c2ccc(C(=O)NC(c3ccccc3)c3ccccc3)cc2)C[C@@H](C)O1. The summed E-state index contributed by atoms with van der Waals surface area (Å²) in [6.45, 7) is 4.35. The van der Waals surface area contributed by atoms with Crippen molar-refractivity contribution in [2.24, 2.45) is 0 Å². The van der Waals surface area contributed by atoms with Crippen LogP contribution in [-0.2, 0) is 14.8 Å². The summed E-state index contributed by atoms with van der Waals surface area (Å²) in [5.41, 5.74) is 2.33. The topological polar surface area (TPSA) is 75.7 Å². The average Bonchev–Trinajstić information content (AvgIpc) is 2.83. The fraction of sp³-hybridized carbons (Fsp3) is 0.269. The van der Waals surface area contributed by atoms with Gasteiger partial charge in [0.25, 0.3) is 5.91 Å². The molecule has 1 aliphatic heterocycles. The zero-order chi connectivity index (χ0) is 23.4. The number of rotatable bonds is 6. The molecule has 2 atom stereocenters. The molecule has 4 rings (SSSR count). The monoisotopic (exact) mass is 464 g/mol. The van der Waals surface area contributed by atoms with E-state index in [0.717, 1.165) is 11.1 Å². The molecule has 0 aliphatic carbocycles. The van der Waals surface area contributed by atoms with Crippen molar-refractivity contribution in [1.29, 1.82) is 0 Å². The number of carbonyl (C=O) groups is 1. The van der Waals surface area contributed by atoms with Crippen molar-refractivity contribution >= 4 is 15.9 Å². The molecule has 3 aromatic carbocycles. The molecule has 0 saturated carbocycles. The Balaban J connectivity index is 1.54. The van der Waals surface area contributed by atoms with Crippen LogP contribution in [0.1, 0.15) is 41.4 Å². The number of nitrogens with one attached hydrogen (secondary N) is 1. The maximum Gasteiger partial charge on any atom is 0.252 e. The molecule has 0 radical (unpaired) electrons. The van der Waals surface area contributed by atoms with Gasteiger partial charge in [-0.1, -0.05) is 60.7 Å². The summed E-state index contributed by atoms with van der Waals surface area (Å²) in [6.07, 6.45) is -0.331. The number of carbonyl (C=O) groups excluding carboxylic acids is 1. The van der Waals surface area contributed by atoms with E-state index in [9.17, 15) is 13.2 Å². The minimum absolute atomic E-state index is 0.165. The number of morpholine rings is 1. The lowest BCUT2D eigenvalue weighted by Crippen LogP contribution is -2.48. The summed E-state index contributed by atoms with van der Waals surface area (Å²) in [7, 11) is -3.66. The Hall–Kier alpha value is -3.00. The molecular formula is C26H28N2O4S. The number of hydrogen-bond donors (Lipinski definition) is 1. The number of sulfonamides is 1.